The van der Waals surface area contributed by atoms with E-state index in [0.29, 0.717) is 0 Å². The van der Waals surface area contributed by atoms with E-state index in [-0.39, 0.29) is 0 Å². The van der Waals surface area contributed by atoms with Crippen LogP contribution in [-0.4, -0.2) is 10.8 Å². The van der Waals surface area contributed by atoms with Gasteiger partial charge in [0.1, 0.15) is 11.1 Å². The van der Waals surface area contributed by atoms with E-state index in [2.05, 4.69) is 48.9 Å². The molecular weight excluding hydrogens is 314 g/mol. The number of fused-ring (bicyclic) bond motifs is 2. The Balaban J connectivity index is 1.81. The molecular formula is C20H19N3S. The minimum Gasteiger partial charge on any atom is -0.347 e. The van der Waals surface area contributed by atoms with Crippen LogP contribution >= 0.6 is 11.3 Å². The van der Waals surface area contributed by atoms with Crippen LogP contribution in [0.2, 0.25) is 0 Å². The lowest BCUT2D eigenvalue weighted by Crippen LogP contribution is -1.99. The van der Waals surface area contributed by atoms with Crippen molar-refractivity contribution in [2.45, 2.75) is 32.6 Å². The summed E-state index contributed by atoms with van der Waals surface area (Å²) in [6.45, 7) is 2.12. The molecule has 0 spiro atoms. The number of aromatic nitrogens is 1. The van der Waals surface area contributed by atoms with Gasteiger partial charge >= 0.3 is 0 Å². The van der Waals surface area contributed by atoms with E-state index in [1.54, 1.807) is 11.3 Å². The molecule has 0 bridgehead atoms. The Morgan fingerprint density at radius 3 is 2.88 bits per heavy atom. The fraction of sp³-hybridized carbons (Fsp3) is 0.300. The van der Waals surface area contributed by atoms with Crippen LogP contribution in [-0.2, 0) is 19.9 Å². The highest BCUT2D eigenvalue weighted by atomic mass is 32.1. The average molecular weight is 333 g/mol. The first-order valence-corrected chi connectivity index (χ1v) is 9.15. The smallest absolute Gasteiger partial charge is 0.134 e. The number of hydrogen-bond acceptors (Lipinski definition) is 3. The van der Waals surface area contributed by atoms with Crippen molar-refractivity contribution >= 4 is 33.5 Å². The van der Waals surface area contributed by atoms with Crippen molar-refractivity contribution in [2.24, 2.45) is 12.0 Å². The van der Waals surface area contributed by atoms with Gasteiger partial charge in [0.25, 0.3) is 0 Å². The Labute approximate surface area is 145 Å². The van der Waals surface area contributed by atoms with E-state index in [9.17, 15) is 5.26 Å². The number of nitrogens with zero attached hydrogens (tertiary/aromatic N) is 3. The number of hydrogen-bond donors (Lipinski definition) is 0. The number of benzene rings is 1. The predicted octanol–water partition coefficient (Wildman–Crippen LogP) is 5.05. The average Bonchev–Trinajstić information content (AvgIpc) is 3.09. The zero-order chi connectivity index (χ0) is 16.7. The molecule has 1 aromatic carbocycles. The van der Waals surface area contributed by atoms with Gasteiger partial charge in [0.05, 0.1) is 5.56 Å². The van der Waals surface area contributed by atoms with Crippen LogP contribution in [0.3, 0.4) is 0 Å². The Morgan fingerprint density at radius 2 is 2.04 bits per heavy atom. The van der Waals surface area contributed by atoms with Gasteiger partial charge in [-0.15, -0.1) is 11.3 Å². The largest absolute Gasteiger partial charge is 0.347 e. The maximum Gasteiger partial charge on any atom is 0.134 e. The molecule has 0 N–H and O–H groups in total. The molecule has 4 heteroatoms. The standard InChI is InChI=1S/C20H19N3S/c1-13-17(14-7-3-5-9-18(14)23(13)2)12-22-20-16(11-21)15-8-4-6-10-19(15)24-20/h3,5,7,9,12H,4,6,8,10H2,1-2H3. The summed E-state index contributed by atoms with van der Waals surface area (Å²) < 4.78 is 2.20. The molecule has 24 heavy (non-hydrogen) atoms. The van der Waals surface area contributed by atoms with Gasteiger partial charge in [-0.2, -0.15) is 5.26 Å². The van der Waals surface area contributed by atoms with Gasteiger partial charge < -0.3 is 4.57 Å². The van der Waals surface area contributed by atoms with E-state index >= 15 is 0 Å². The molecule has 1 aliphatic rings. The lowest BCUT2D eigenvalue weighted by atomic mass is 9.96. The van der Waals surface area contributed by atoms with E-state index in [1.165, 1.54) is 39.9 Å². The van der Waals surface area contributed by atoms with Crippen molar-refractivity contribution in [3.8, 4) is 6.07 Å². The maximum atomic E-state index is 9.57. The Morgan fingerprint density at radius 1 is 1.25 bits per heavy atom. The van der Waals surface area contributed by atoms with Crippen molar-refractivity contribution < 1.29 is 0 Å². The molecule has 0 aliphatic heterocycles. The number of thiophene rings is 1. The van der Waals surface area contributed by atoms with Crippen molar-refractivity contribution in [1.82, 2.24) is 4.57 Å². The molecule has 0 amide bonds. The number of rotatable bonds is 2. The molecule has 0 saturated heterocycles. The maximum absolute atomic E-state index is 9.57. The molecule has 0 fully saturated rings. The monoisotopic (exact) mass is 333 g/mol. The first-order valence-electron chi connectivity index (χ1n) is 8.33. The number of para-hydroxylation sites is 1. The molecule has 0 radical (unpaired) electrons. The second kappa shape index (κ2) is 5.92. The minimum absolute atomic E-state index is 0.795. The van der Waals surface area contributed by atoms with Crippen LogP contribution in [0.5, 0.6) is 0 Å². The molecule has 2 aromatic heterocycles. The van der Waals surface area contributed by atoms with Gasteiger partial charge in [-0.25, -0.2) is 4.99 Å². The number of aliphatic imine (C=N–C) groups is 1. The van der Waals surface area contributed by atoms with Crippen LogP contribution in [0.15, 0.2) is 29.3 Å². The Bertz CT molecular complexity index is 998. The molecule has 0 unspecified atom stereocenters. The molecule has 120 valence electrons. The zero-order valence-electron chi connectivity index (χ0n) is 14.0. The van der Waals surface area contributed by atoms with Crippen molar-refractivity contribution in [2.75, 3.05) is 0 Å². The quantitative estimate of drug-likeness (QED) is 0.605. The minimum atomic E-state index is 0.795. The van der Waals surface area contributed by atoms with E-state index in [0.717, 1.165) is 29.0 Å². The van der Waals surface area contributed by atoms with Crippen LogP contribution in [0.25, 0.3) is 10.9 Å². The molecule has 3 aromatic rings. The van der Waals surface area contributed by atoms with Gasteiger partial charge in [-0.3, -0.25) is 0 Å². The van der Waals surface area contributed by atoms with Gasteiger partial charge in [0.2, 0.25) is 0 Å². The molecule has 4 rings (SSSR count). The third kappa shape index (κ3) is 2.28. The fourth-order valence-corrected chi connectivity index (χ4v) is 4.78. The van der Waals surface area contributed by atoms with Gasteiger partial charge in [0, 0.05) is 40.3 Å². The van der Waals surface area contributed by atoms with Gasteiger partial charge in [-0.1, -0.05) is 18.2 Å². The third-order valence-corrected chi connectivity index (χ3v) is 6.22. The highest BCUT2D eigenvalue weighted by Gasteiger charge is 2.20. The number of nitriles is 1. The molecule has 3 nitrogen and oxygen atoms in total. The molecule has 2 heterocycles. The lowest BCUT2D eigenvalue weighted by Gasteiger charge is -2.09. The van der Waals surface area contributed by atoms with Crippen LogP contribution in [0, 0.1) is 18.3 Å². The normalized spacial score (nSPS) is 14.2. The highest BCUT2D eigenvalue weighted by Crippen LogP contribution is 2.39. The van der Waals surface area contributed by atoms with Gasteiger partial charge in [0.15, 0.2) is 0 Å². The van der Waals surface area contributed by atoms with Crippen molar-refractivity contribution in [1.29, 1.82) is 5.26 Å². The van der Waals surface area contributed by atoms with Crippen molar-refractivity contribution in [3.63, 3.8) is 0 Å². The zero-order valence-corrected chi connectivity index (χ0v) is 14.8. The Kier molecular flexibility index (Phi) is 3.74. The highest BCUT2D eigenvalue weighted by molar-refractivity contribution is 7.16. The fourth-order valence-electron chi connectivity index (χ4n) is 3.59. The summed E-state index contributed by atoms with van der Waals surface area (Å²) in [5.41, 5.74) is 5.59. The third-order valence-electron chi connectivity index (χ3n) is 5.02. The molecule has 0 saturated carbocycles. The summed E-state index contributed by atoms with van der Waals surface area (Å²) in [4.78, 5) is 6.09. The summed E-state index contributed by atoms with van der Waals surface area (Å²) >= 11 is 1.70. The van der Waals surface area contributed by atoms with Crippen LogP contribution in [0.4, 0.5) is 5.00 Å². The molecule has 1 aliphatic carbocycles. The first-order chi connectivity index (χ1) is 11.7. The Hall–Kier alpha value is -2.38. The van der Waals surface area contributed by atoms with Crippen LogP contribution < -0.4 is 0 Å². The topological polar surface area (TPSA) is 41.1 Å². The van der Waals surface area contributed by atoms with Crippen LogP contribution in [0.1, 0.15) is 40.1 Å². The van der Waals surface area contributed by atoms with E-state index in [4.69, 9.17) is 4.99 Å². The summed E-state index contributed by atoms with van der Waals surface area (Å²) in [5, 5.41) is 11.7. The SMILES string of the molecule is Cc1c(C=Nc2sc3c(c2C#N)CCCC3)c2ccccc2n1C. The van der Waals surface area contributed by atoms with Gasteiger partial charge in [-0.05, 0) is 44.2 Å². The molecule has 0 atom stereocenters. The first kappa shape index (κ1) is 15.2. The predicted molar refractivity (Wildman–Crippen MR) is 101 cm³/mol. The lowest BCUT2D eigenvalue weighted by molar-refractivity contribution is 0.696. The second-order valence-corrected chi connectivity index (χ2v) is 7.42. The summed E-state index contributed by atoms with van der Waals surface area (Å²) in [6.07, 6.45) is 6.47. The van der Waals surface area contributed by atoms with E-state index in [1.807, 2.05) is 6.21 Å². The van der Waals surface area contributed by atoms with Crippen molar-refractivity contribution in [3.05, 3.63) is 51.5 Å². The second-order valence-electron chi connectivity index (χ2n) is 6.34. The summed E-state index contributed by atoms with van der Waals surface area (Å²) in [7, 11) is 2.08. The van der Waals surface area contributed by atoms with E-state index < -0.39 is 0 Å². The number of aryl methyl sites for hydroxylation is 2. The summed E-state index contributed by atoms with van der Waals surface area (Å²) in [5.74, 6) is 0. The summed E-state index contributed by atoms with van der Waals surface area (Å²) in [6, 6.07) is 10.8.